The maximum absolute atomic E-state index is 12.8. The Morgan fingerprint density at radius 3 is 2.15 bits per heavy atom. The Morgan fingerprint density at radius 1 is 1.04 bits per heavy atom. The minimum absolute atomic E-state index is 0.310. The van der Waals surface area contributed by atoms with Crippen molar-refractivity contribution in [3.63, 3.8) is 0 Å². The van der Waals surface area contributed by atoms with E-state index in [0.29, 0.717) is 12.4 Å². The number of carbonyl (C=O) groups excluding carboxylic acids is 1. The first kappa shape index (κ1) is 22.7. The summed E-state index contributed by atoms with van der Waals surface area (Å²) >= 11 is 0. The monoisotopic (exact) mass is 380 g/mol. The van der Waals surface area contributed by atoms with Gasteiger partial charge in [0.05, 0.1) is 13.7 Å². The van der Waals surface area contributed by atoms with Crippen LogP contribution in [0.4, 0.5) is 0 Å². The zero-order chi connectivity index (χ0) is 19.4. The van der Waals surface area contributed by atoms with Gasteiger partial charge in [-0.3, -0.25) is 0 Å². The Hall–Kier alpha value is -1.33. The molecule has 0 aliphatic carbocycles. The van der Waals surface area contributed by atoms with Crippen molar-refractivity contribution in [2.75, 3.05) is 13.7 Å². The number of benzene rings is 1. The fraction of sp³-hybridized carbons (Fsp3) is 0.667. The third kappa shape index (κ3) is 6.43. The lowest BCUT2D eigenvalue weighted by Crippen LogP contribution is -2.41. The van der Waals surface area contributed by atoms with Crippen LogP contribution in [0.25, 0.3) is 0 Å². The predicted octanol–water partition coefficient (Wildman–Crippen LogP) is 5.88. The molecule has 148 valence electrons. The topological polar surface area (TPSA) is 44.8 Å². The zero-order valence-corrected chi connectivity index (χ0v) is 18.2. The van der Waals surface area contributed by atoms with Crippen molar-refractivity contribution < 1.29 is 18.7 Å². The number of carbonyl (C=O) groups is 1. The lowest BCUT2D eigenvalue weighted by Gasteiger charge is -2.34. The first-order valence-corrected chi connectivity index (χ1v) is 12.6. The highest BCUT2D eigenvalue weighted by molar-refractivity contribution is 6.73. The van der Waals surface area contributed by atoms with Crippen LogP contribution < -0.4 is 4.74 Å². The van der Waals surface area contributed by atoms with Crippen LogP contribution in [0.2, 0.25) is 18.1 Å². The molecule has 5 heteroatoms. The van der Waals surface area contributed by atoms with Gasteiger partial charge in [0.2, 0.25) is 0 Å². The molecule has 1 rings (SSSR count). The molecule has 1 atom stereocenters. The van der Waals surface area contributed by atoms with E-state index in [1.807, 2.05) is 31.2 Å². The Bertz CT molecular complexity index is 524. The molecule has 0 aliphatic heterocycles. The number of hydrogen-bond acceptors (Lipinski definition) is 4. The van der Waals surface area contributed by atoms with E-state index in [9.17, 15) is 4.79 Å². The minimum Gasteiger partial charge on any atom is -0.496 e. The van der Waals surface area contributed by atoms with Gasteiger partial charge in [-0.25, -0.2) is 4.79 Å². The summed E-state index contributed by atoms with van der Waals surface area (Å²) in [6.07, 6.45) is 3.87. The largest absolute Gasteiger partial charge is 0.496 e. The Kier molecular flexibility index (Phi) is 10.6. The van der Waals surface area contributed by atoms with Crippen LogP contribution in [0.15, 0.2) is 24.3 Å². The molecular weight excluding hydrogens is 344 g/mol. The summed E-state index contributed by atoms with van der Waals surface area (Å²) in [4.78, 5) is 12.8. The highest BCUT2D eigenvalue weighted by atomic mass is 28.4. The number of hydrogen-bond donors (Lipinski definition) is 0. The van der Waals surface area contributed by atoms with Crippen molar-refractivity contribution in [1.29, 1.82) is 0 Å². The number of methoxy groups -OCH3 is 1. The smallest absolute Gasteiger partial charge is 0.338 e. The van der Waals surface area contributed by atoms with Crippen molar-refractivity contribution in [1.82, 2.24) is 0 Å². The fourth-order valence-corrected chi connectivity index (χ4v) is 7.35. The summed E-state index contributed by atoms with van der Waals surface area (Å²) in [6, 6.07) is 10.8. The normalized spacial score (nSPS) is 12.7. The summed E-state index contributed by atoms with van der Waals surface area (Å²) in [5.74, 6) is 0.367. The van der Waals surface area contributed by atoms with Crippen LogP contribution in [-0.2, 0) is 14.0 Å². The Labute approximate surface area is 160 Å². The third-order valence-electron chi connectivity index (χ3n) is 4.91. The van der Waals surface area contributed by atoms with Crippen LogP contribution in [0.5, 0.6) is 5.75 Å². The second kappa shape index (κ2) is 12.1. The second-order valence-electron chi connectivity index (χ2n) is 6.74. The number of rotatable bonds is 13. The van der Waals surface area contributed by atoms with Crippen LogP contribution in [0.1, 0.15) is 65.0 Å². The first-order chi connectivity index (χ1) is 12.6. The molecule has 4 nitrogen and oxygen atoms in total. The molecule has 0 aromatic heterocycles. The third-order valence-corrected chi connectivity index (χ3v) is 9.46. The zero-order valence-electron chi connectivity index (χ0n) is 17.2. The molecule has 0 spiro atoms. The van der Waals surface area contributed by atoms with Gasteiger partial charge in [-0.2, -0.15) is 0 Å². The van der Waals surface area contributed by atoms with Gasteiger partial charge in [0, 0.05) is 5.56 Å². The number of ether oxygens (including phenoxy) is 2. The second-order valence-corrected chi connectivity index (χ2v) is 11.0. The van der Waals surface area contributed by atoms with Crippen molar-refractivity contribution in [2.24, 2.45) is 0 Å². The van der Waals surface area contributed by atoms with E-state index < -0.39 is 14.4 Å². The molecule has 0 aliphatic rings. The van der Waals surface area contributed by atoms with Gasteiger partial charge in [-0.05, 0) is 31.1 Å². The summed E-state index contributed by atoms with van der Waals surface area (Å²) in [5, 5.41) is 0. The maximum atomic E-state index is 12.8. The lowest BCUT2D eigenvalue weighted by atomic mass is 10.1. The van der Waals surface area contributed by atoms with Crippen molar-refractivity contribution in [3.05, 3.63) is 29.8 Å². The Morgan fingerprint density at radius 2 is 1.65 bits per heavy atom. The molecule has 0 N–H and O–H groups in total. The van der Waals surface area contributed by atoms with Gasteiger partial charge in [-0.1, -0.05) is 64.7 Å². The molecule has 0 radical (unpaired) electrons. The molecule has 1 aromatic carbocycles. The average molecular weight is 381 g/mol. The van der Waals surface area contributed by atoms with Crippen LogP contribution >= 0.6 is 0 Å². The molecule has 0 saturated carbocycles. The molecule has 1 unspecified atom stereocenters. The quantitative estimate of drug-likeness (QED) is 0.316. The van der Waals surface area contributed by atoms with E-state index in [1.165, 1.54) is 0 Å². The maximum Gasteiger partial charge on any atom is 0.338 e. The summed E-state index contributed by atoms with van der Waals surface area (Å²) in [7, 11) is -0.416. The van der Waals surface area contributed by atoms with Gasteiger partial charge in [0.15, 0.2) is 14.4 Å². The molecule has 0 amide bonds. The van der Waals surface area contributed by atoms with Crippen molar-refractivity contribution in [2.45, 2.75) is 77.6 Å². The predicted molar refractivity (Wildman–Crippen MR) is 109 cm³/mol. The van der Waals surface area contributed by atoms with Gasteiger partial charge in [0.1, 0.15) is 5.75 Å². The molecule has 0 heterocycles. The van der Waals surface area contributed by atoms with E-state index in [2.05, 4.69) is 20.8 Å². The standard InChI is InChI=1S/C21H36O4Si/c1-6-10-16-26(9-4,17-11-7-2)25-20(21(22)24-8-3)18-14-12-13-15-19(18)23-5/h12-15,20H,6-11,16-17H2,1-5H3. The number of unbranched alkanes of at least 4 members (excludes halogenated alkanes) is 2. The minimum atomic E-state index is -2.04. The van der Waals surface area contributed by atoms with E-state index in [-0.39, 0.29) is 5.97 Å². The molecule has 1 aromatic rings. The number of esters is 1. The first-order valence-electron chi connectivity index (χ1n) is 10.0. The SMILES string of the molecule is CCCC[Si](CC)(CCCC)OC(C(=O)OCC)c1ccccc1OC. The molecule has 0 bridgehead atoms. The van der Waals surface area contributed by atoms with E-state index in [0.717, 1.165) is 49.4 Å². The lowest BCUT2D eigenvalue weighted by molar-refractivity contribution is -0.152. The molecule has 0 fully saturated rings. The highest BCUT2D eigenvalue weighted by Gasteiger charge is 2.39. The van der Waals surface area contributed by atoms with Gasteiger partial charge < -0.3 is 13.9 Å². The average Bonchev–Trinajstić information content (AvgIpc) is 2.68. The van der Waals surface area contributed by atoms with Gasteiger partial charge in [-0.15, -0.1) is 0 Å². The molecule has 26 heavy (non-hydrogen) atoms. The highest BCUT2D eigenvalue weighted by Crippen LogP contribution is 2.36. The summed E-state index contributed by atoms with van der Waals surface area (Å²) in [6.45, 7) is 8.80. The van der Waals surface area contributed by atoms with Gasteiger partial charge >= 0.3 is 5.97 Å². The van der Waals surface area contributed by atoms with E-state index in [4.69, 9.17) is 13.9 Å². The van der Waals surface area contributed by atoms with Crippen LogP contribution in [0.3, 0.4) is 0 Å². The van der Waals surface area contributed by atoms with Crippen molar-refractivity contribution in [3.8, 4) is 5.75 Å². The number of para-hydroxylation sites is 1. The fourth-order valence-electron chi connectivity index (χ4n) is 3.27. The van der Waals surface area contributed by atoms with Crippen LogP contribution in [0, 0.1) is 0 Å². The Balaban J connectivity index is 3.23. The molecular formula is C21H36O4Si. The van der Waals surface area contributed by atoms with E-state index in [1.54, 1.807) is 7.11 Å². The summed E-state index contributed by atoms with van der Waals surface area (Å²) < 4.78 is 17.6. The summed E-state index contributed by atoms with van der Waals surface area (Å²) in [5.41, 5.74) is 0.770. The van der Waals surface area contributed by atoms with Crippen molar-refractivity contribution >= 4 is 14.3 Å². The van der Waals surface area contributed by atoms with Crippen LogP contribution in [-0.4, -0.2) is 28.0 Å². The van der Waals surface area contributed by atoms with Gasteiger partial charge in [0.25, 0.3) is 0 Å². The molecule has 0 saturated heterocycles. The van der Waals surface area contributed by atoms with E-state index >= 15 is 0 Å².